The second kappa shape index (κ2) is 7.11. The topological polar surface area (TPSA) is 64.0 Å². The van der Waals surface area contributed by atoms with E-state index in [2.05, 4.69) is 15.7 Å². The van der Waals surface area contributed by atoms with Crippen molar-refractivity contribution in [1.82, 2.24) is 14.9 Å². The Labute approximate surface area is 147 Å². The zero-order valence-electron chi connectivity index (χ0n) is 13.4. The number of nitrogens with one attached hydrogen (secondary N) is 1. The minimum atomic E-state index is -0.263. The molecule has 0 saturated carbocycles. The molecule has 3 heterocycles. The summed E-state index contributed by atoms with van der Waals surface area (Å²) in [7, 11) is 1.65. The minimum absolute atomic E-state index is 0.206. The average Bonchev–Trinajstić information content (AvgIpc) is 3.21. The number of aryl methyl sites for hydroxylation is 2. The first-order valence-corrected chi connectivity index (χ1v) is 9.26. The largest absolute Gasteiger partial charge is 0.342 e. The number of nitrogens with zero attached hydrogens (tertiary/aromatic N) is 2. The Morgan fingerprint density at radius 2 is 2.21 bits per heavy atom. The van der Waals surface area contributed by atoms with Gasteiger partial charge in [-0.15, -0.1) is 11.3 Å². The molecule has 124 valence electrons. The summed E-state index contributed by atoms with van der Waals surface area (Å²) < 4.78 is 1.43. The molecule has 3 aromatic rings. The lowest BCUT2D eigenvalue weighted by atomic mass is 10.1. The average molecular weight is 359 g/mol. The van der Waals surface area contributed by atoms with Crippen LogP contribution in [-0.2, 0) is 13.5 Å². The summed E-state index contributed by atoms with van der Waals surface area (Å²) in [5.41, 5.74) is 2.25. The van der Waals surface area contributed by atoms with Gasteiger partial charge in [-0.05, 0) is 35.4 Å². The molecular weight excluding hydrogens is 342 g/mol. The Kier molecular flexibility index (Phi) is 4.92. The zero-order chi connectivity index (χ0) is 17.1. The van der Waals surface area contributed by atoms with Crippen molar-refractivity contribution in [2.75, 3.05) is 0 Å². The highest BCUT2D eigenvalue weighted by atomic mass is 32.1. The number of thiazole rings is 1. The van der Waals surface area contributed by atoms with E-state index in [1.54, 1.807) is 30.6 Å². The van der Waals surface area contributed by atoms with Crippen molar-refractivity contribution >= 4 is 28.6 Å². The molecule has 0 aliphatic rings. The molecule has 0 aromatic carbocycles. The van der Waals surface area contributed by atoms with Crippen LogP contribution in [0.1, 0.15) is 32.7 Å². The molecule has 0 unspecified atom stereocenters. The third kappa shape index (κ3) is 3.80. The summed E-state index contributed by atoms with van der Waals surface area (Å²) in [4.78, 5) is 28.8. The summed E-state index contributed by atoms with van der Waals surface area (Å²) in [6.45, 7) is 1.93. The van der Waals surface area contributed by atoms with Gasteiger partial charge in [0.2, 0.25) is 0 Å². The van der Waals surface area contributed by atoms with Gasteiger partial charge in [0.25, 0.3) is 11.5 Å². The van der Waals surface area contributed by atoms with Gasteiger partial charge in [-0.25, -0.2) is 4.98 Å². The zero-order valence-corrected chi connectivity index (χ0v) is 15.0. The summed E-state index contributed by atoms with van der Waals surface area (Å²) in [5.74, 6) is -0.263. The molecule has 3 rings (SSSR count). The standard InChI is InChI=1S/C17H17N3O2S2/c1-11-9-24-17(18-11)14(7-12-4-6-23-10-12)19-16(22)13-3-5-20(2)15(21)8-13/h3-6,8-10,14H,7H2,1-2H3,(H,19,22)/t14-/m0/s1. The van der Waals surface area contributed by atoms with E-state index in [1.807, 2.05) is 23.8 Å². The first-order valence-electron chi connectivity index (χ1n) is 7.43. The lowest BCUT2D eigenvalue weighted by Gasteiger charge is -2.16. The molecule has 0 spiro atoms. The predicted molar refractivity (Wildman–Crippen MR) is 96.8 cm³/mol. The van der Waals surface area contributed by atoms with Crippen LogP contribution in [0.15, 0.2) is 45.3 Å². The number of aromatic nitrogens is 2. The van der Waals surface area contributed by atoms with Gasteiger partial charge >= 0.3 is 0 Å². The van der Waals surface area contributed by atoms with Gasteiger partial charge < -0.3 is 9.88 Å². The van der Waals surface area contributed by atoms with Crippen molar-refractivity contribution in [1.29, 1.82) is 0 Å². The van der Waals surface area contributed by atoms with Gasteiger partial charge in [0.1, 0.15) is 5.01 Å². The van der Waals surface area contributed by atoms with Crippen molar-refractivity contribution in [2.24, 2.45) is 7.05 Å². The van der Waals surface area contributed by atoms with Crippen LogP contribution in [0.5, 0.6) is 0 Å². The minimum Gasteiger partial charge on any atom is -0.342 e. The van der Waals surface area contributed by atoms with E-state index >= 15 is 0 Å². The molecule has 1 amide bonds. The van der Waals surface area contributed by atoms with E-state index < -0.39 is 0 Å². The number of pyridine rings is 1. The number of hydrogen-bond acceptors (Lipinski definition) is 5. The van der Waals surface area contributed by atoms with Gasteiger partial charge in [0, 0.05) is 42.4 Å². The predicted octanol–water partition coefficient (Wildman–Crippen LogP) is 2.93. The Balaban J connectivity index is 1.83. The quantitative estimate of drug-likeness (QED) is 0.762. The summed E-state index contributed by atoms with van der Waals surface area (Å²) in [5, 5.41) is 9.94. The fraction of sp³-hybridized carbons (Fsp3) is 0.235. The van der Waals surface area contributed by atoms with Gasteiger partial charge in [-0.1, -0.05) is 0 Å². The highest BCUT2D eigenvalue weighted by molar-refractivity contribution is 7.09. The third-order valence-electron chi connectivity index (χ3n) is 3.63. The summed E-state index contributed by atoms with van der Waals surface area (Å²) in [6, 6.07) is 4.83. The number of carbonyl (C=O) groups is 1. The van der Waals surface area contributed by atoms with Crippen molar-refractivity contribution in [3.63, 3.8) is 0 Å². The fourth-order valence-corrected chi connectivity index (χ4v) is 3.84. The van der Waals surface area contributed by atoms with Crippen molar-refractivity contribution in [2.45, 2.75) is 19.4 Å². The molecule has 0 aliphatic carbocycles. The molecule has 0 aliphatic heterocycles. The number of hydrogen-bond donors (Lipinski definition) is 1. The smallest absolute Gasteiger partial charge is 0.252 e. The Bertz CT molecular complexity index is 897. The molecule has 0 bridgehead atoms. The van der Waals surface area contributed by atoms with Gasteiger partial charge in [-0.2, -0.15) is 11.3 Å². The van der Waals surface area contributed by atoms with Crippen LogP contribution in [-0.4, -0.2) is 15.5 Å². The molecule has 1 atom stereocenters. The second-order valence-corrected chi connectivity index (χ2v) is 7.22. The maximum absolute atomic E-state index is 12.5. The van der Waals surface area contributed by atoms with Crippen LogP contribution in [0.2, 0.25) is 0 Å². The molecule has 3 aromatic heterocycles. The monoisotopic (exact) mass is 359 g/mol. The summed E-state index contributed by atoms with van der Waals surface area (Å²) >= 11 is 3.16. The highest BCUT2D eigenvalue weighted by Crippen LogP contribution is 2.23. The first-order chi connectivity index (χ1) is 11.5. The van der Waals surface area contributed by atoms with E-state index in [0.717, 1.165) is 16.3 Å². The maximum Gasteiger partial charge on any atom is 0.252 e. The fourth-order valence-electron chi connectivity index (χ4n) is 2.31. The Morgan fingerprint density at radius 3 is 2.83 bits per heavy atom. The van der Waals surface area contributed by atoms with Crippen molar-refractivity contribution in [3.8, 4) is 0 Å². The van der Waals surface area contributed by atoms with Crippen LogP contribution in [0.4, 0.5) is 0 Å². The number of thiophene rings is 1. The molecule has 1 N–H and O–H groups in total. The first kappa shape index (κ1) is 16.6. The highest BCUT2D eigenvalue weighted by Gasteiger charge is 2.20. The van der Waals surface area contributed by atoms with E-state index in [9.17, 15) is 9.59 Å². The summed E-state index contributed by atoms with van der Waals surface area (Å²) in [6.07, 6.45) is 2.27. The molecule has 0 radical (unpaired) electrons. The van der Waals surface area contributed by atoms with E-state index in [4.69, 9.17) is 0 Å². The molecule has 0 saturated heterocycles. The molecular formula is C17H17N3O2S2. The number of carbonyl (C=O) groups excluding carboxylic acids is 1. The molecule has 5 nitrogen and oxygen atoms in total. The van der Waals surface area contributed by atoms with Gasteiger partial charge in [-0.3, -0.25) is 9.59 Å². The second-order valence-electron chi connectivity index (χ2n) is 5.55. The van der Waals surface area contributed by atoms with Crippen LogP contribution in [0.3, 0.4) is 0 Å². The maximum atomic E-state index is 12.5. The van der Waals surface area contributed by atoms with E-state index in [0.29, 0.717) is 12.0 Å². The van der Waals surface area contributed by atoms with Crippen LogP contribution < -0.4 is 10.9 Å². The van der Waals surface area contributed by atoms with Crippen LogP contribution in [0.25, 0.3) is 0 Å². The Morgan fingerprint density at radius 1 is 1.38 bits per heavy atom. The third-order valence-corrected chi connectivity index (χ3v) is 5.43. The lowest BCUT2D eigenvalue weighted by molar-refractivity contribution is 0.0936. The Hall–Kier alpha value is -2.25. The lowest BCUT2D eigenvalue weighted by Crippen LogP contribution is -2.31. The molecule has 7 heteroatoms. The SMILES string of the molecule is Cc1csc([C@H](Cc2ccsc2)NC(=O)c2ccn(C)c(=O)c2)n1. The van der Waals surface area contributed by atoms with E-state index in [1.165, 1.54) is 22.0 Å². The van der Waals surface area contributed by atoms with Crippen LogP contribution >= 0.6 is 22.7 Å². The van der Waals surface area contributed by atoms with Gasteiger partial charge in [0.15, 0.2) is 0 Å². The van der Waals surface area contributed by atoms with E-state index in [-0.39, 0.29) is 17.5 Å². The van der Waals surface area contributed by atoms with Crippen molar-refractivity contribution < 1.29 is 4.79 Å². The van der Waals surface area contributed by atoms with Gasteiger partial charge in [0.05, 0.1) is 6.04 Å². The van der Waals surface area contributed by atoms with Crippen LogP contribution in [0, 0.1) is 6.92 Å². The van der Waals surface area contributed by atoms with Crippen molar-refractivity contribution in [3.05, 3.63) is 72.7 Å². The molecule has 24 heavy (non-hydrogen) atoms. The number of rotatable bonds is 5. The normalized spacial score (nSPS) is 12.1. The number of amides is 1. The molecule has 0 fully saturated rings.